The molecule has 0 aliphatic carbocycles. The number of halogens is 3. The van der Waals surface area contributed by atoms with E-state index < -0.39 is 0 Å². The van der Waals surface area contributed by atoms with Crippen LogP contribution in [0.4, 0.5) is 0 Å². The molecule has 3 nitrogen and oxygen atoms in total. The number of rotatable bonds is 2. The molecule has 1 amide bonds. The molecule has 1 N–H and O–H groups in total. The second-order valence-corrected chi connectivity index (χ2v) is 5.18. The van der Waals surface area contributed by atoms with Gasteiger partial charge in [0.15, 0.2) is 0 Å². The van der Waals surface area contributed by atoms with Crippen LogP contribution in [0.15, 0.2) is 18.2 Å². The lowest BCUT2D eigenvalue weighted by molar-refractivity contribution is -0.130. The average Bonchev–Trinajstić information content (AvgIpc) is 2.62. The van der Waals surface area contributed by atoms with Gasteiger partial charge in [-0.1, -0.05) is 29.3 Å². The molecule has 1 heterocycles. The maximum atomic E-state index is 12.2. The molecule has 0 atom stereocenters. The summed E-state index contributed by atoms with van der Waals surface area (Å²) in [5.41, 5.74) is 0.725. The first-order valence-corrected chi connectivity index (χ1v) is 6.85. The molecule has 1 aromatic carbocycles. The van der Waals surface area contributed by atoms with Gasteiger partial charge < -0.3 is 10.2 Å². The second kappa shape index (κ2) is 7.95. The van der Waals surface area contributed by atoms with Gasteiger partial charge in [0.1, 0.15) is 0 Å². The fourth-order valence-electron chi connectivity index (χ4n) is 2.06. The molecule has 2 rings (SSSR count). The van der Waals surface area contributed by atoms with E-state index in [0.717, 1.165) is 38.2 Å². The van der Waals surface area contributed by atoms with Gasteiger partial charge in [-0.2, -0.15) is 0 Å². The summed E-state index contributed by atoms with van der Waals surface area (Å²) in [4.78, 5) is 14.1. The SMILES string of the molecule is Cl.O=C(Cc1c(Cl)cccc1Cl)N1CCCNCC1. The third kappa shape index (κ3) is 4.53. The Balaban J connectivity index is 0.00000180. The van der Waals surface area contributed by atoms with Crippen LogP contribution in [-0.2, 0) is 11.2 Å². The van der Waals surface area contributed by atoms with Crippen molar-refractivity contribution >= 4 is 41.5 Å². The maximum Gasteiger partial charge on any atom is 0.227 e. The highest BCUT2D eigenvalue weighted by Gasteiger charge is 2.18. The molecule has 1 aliphatic heterocycles. The molecule has 6 heteroatoms. The molecule has 1 fully saturated rings. The standard InChI is InChI=1S/C13H16Cl2N2O.ClH/c14-11-3-1-4-12(15)10(11)9-13(18)17-7-2-5-16-6-8-17;/h1,3-4,16H,2,5-9H2;1H. The van der Waals surface area contributed by atoms with Crippen LogP contribution in [0.25, 0.3) is 0 Å². The van der Waals surface area contributed by atoms with E-state index in [0.29, 0.717) is 10.0 Å². The Hall–Kier alpha value is -0.480. The van der Waals surface area contributed by atoms with Gasteiger partial charge in [-0.3, -0.25) is 4.79 Å². The zero-order chi connectivity index (χ0) is 13.0. The number of amides is 1. The van der Waals surface area contributed by atoms with Crippen LogP contribution in [0.5, 0.6) is 0 Å². The Morgan fingerprint density at radius 1 is 1.21 bits per heavy atom. The molecule has 1 saturated heterocycles. The monoisotopic (exact) mass is 322 g/mol. The van der Waals surface area contributed by atoms with Gasteiger partial charge in [0.25, 0.3) is 0 Å². The van der Waals surface area contributed by atoms with Crippen molar-refractivity contribution in [3.8, 4) is 0 Å². The van der Waals surface area contributed by atoms with E-state index in [-0.39, 0.29) is 24.7 Å². The number of hydrogen-bond acceptors (Lipinski definition) is 2. The Morgan fingerprint density at radius 2 is 1.89 bits per heavy atom. The Kier molecular flexibility index (Phi) is 6.94. The van der Waals surface area contributed by atoms with Crippen molar-refractivity contribution in [3.05, 3.63) is 33.8 Å². The van der Waals surface area contributed by atoms with Crippen LogP contribution in [-0.4, -0.2) is 37.0 Å². The van der Waals surface area contributed by atoms with Crippen molar-refractivity contribution in [2.24, 2.45) is 0 Å². The summed E-state index contributed by atoms with van der Waals surface area (Å²) in [5.74, 6) is 0.0914. The largest absolute Gasteiger partial charge is 0.341 e. The minimum absolute atomic E-state index is 0. The van der Waals surface area contributed by atoms with Crippen LogP contribution in [0.3, 0.4) is 0 Å². The lowest BCUT2D eigenvalue weighted by atomic mass is 10.1. The fourth-order valence-corrected chi connectivity index (χ4v) is 2.59. The number of benzene rings is 1. The Labute approximate surface area is 129 Å². The molecule has 19 heavy (non-hydrogen) atoms. The first kappa shape index (κ1) is 16.6. The van der Waals surface area contributed by atoms with Gasteiger partial charge in [0, 0.05) is 29.7 Å². The maximum absolute atomic E-state index is 12.2. The summed E-state index contributed by atoms with van der Waals surface area (Å²) >= 11 is 12.2. The first-order valence-electron chi connectivity index (χ1n) is 6.10. The van der Waals surface area contributed by atoms with Gasteiger partial charge in [0.2, 0.25) is 5.91 Å². The van der Waals surface area contributed by atoms with Gasteiger partial charge in [0.05, 0.1) is 6.42 Å². The molecule has 0 unspecified atom stereocenters. The molecule has 1 aromatic rings. The quantitative estimate of drug-likeness (QED) is 0.907. The van der Waals surface area contributed by atoms with Crippen molar-refractivity contribution in [1.82, 2.24) is 10.2 Å². The van der Waals surface area contributed by atoms with Crippen LogP contribution >= 0.6 is 35.6 Å². The predicted molar refractivity (Wildman–Crippen MR) is 81.5 cm³/mol. The number of nitrogens with one attached hydrogen (secondary N) is 1. The minimum Gasteiger partial charge on any atom is -0.341 e. The van der Waals surface area contributed by atoms with Crippen LogP contribution < -0.4 is 5.32 Å². The number of carbonyl (C=O) groups excluding carboxylic acids is 1. The third-order valence-corrected chi connectivity index (χ3v) is 3.79. The first-order chi connectivity index (χ1) is 8.68. The summed E-state index contributed by atoms with van der Waals surface area (Å²) < 4.78 is 0. The second-order valence-electron chi connectivity index (χ2n) is 4.36. The molecule has 106 valence electrons. The van der Waals surface area contributed by atoms with E-state index in [1.165, 1.54) is 0 Å². The van der Waals surface area contributed by atoms with E-state index in [2.05, 4.69) is 5.32 Å². The highest BCUT2D eigenvalue weighted by Crippen LogP contribution is 2.25. The highest BCUT2D eigenvalue weighted by molar-refractivity contribution is 6.36. The van der Waals surface area contributed by atoms with Crippen LogP contribution in [0.1, 0.15) is 12.0 Å². The zero-order valence-corrected chi connectivity index (χ0v) is 12.8. The molecule has 0 radical (unpaired) electrons. The van der Waals surface area contributed by atoms with Gasteiger partial charge in [-0.05, 0) is 30.7 Å². The molecular formula is C13H17Cl3N2O. The average molecular weight is 324 g/mol. The van der Waals surface area contributed by atoms with E-state index in [1.54, 1.807) is 18.2 Å². The summed E-state index contributed by atoms with van der Waals surface area (Å²) in [7, 11) is 0. The van der Waals surface area contributed by atoms with Gasteiger partial charge >= 0.3 is 0 Å². The van der Waals surface area contributed by atoms with E-state index in [9.17, 15) is 4.79 Å². The summed E-state index contributed by atoms with van der Waals surface area (Å²) in [5, 5.41) is 4.39. The summed E-state index contributed by atoms with van der Waals surface area (Å²) in [6.07, 6.45) is 1.26. The molecule has 0 aromatic heterocycles. The van der Waals surface area contributed by atoms with E-state index in [1.807, 2.05) is 4.90 Å². The van der Waals surface area contributed by atoms with Crippen molar-refractivity contribution in [3.63, 3.8) is 0 Å². The van der Waals surface area contributed by atoms with Gasteiger partial charge in [-0.15, -0.1) is 12.4 Å². The van der Waals surface area contributed by atoms with Crippen molar-refractivity contribution in [2.45, 2.75) is 12.8 Å². The molecular weight excluding hydrogens is 307 g/mol. The number of carbonyl (C=O) groups is 1. The lowest BCUT2D eigenvalue weighted by Crippen LogP contribution is -2.35. The fraction of sp³-hybridized carbons (Fsp3) is 0.462. The van der Waals surface area contributed by atoms with Crippen molar-refractivity contribution in [1.29, 1.82) is 0 Å². The predicted octanol–water partition coefficient (Wildman–Crippen LogP) is 2.78. The molecule has 0 spiro atoms. The number of nitrogens with zero attached hydrogens (tertiary/aromatic N) is 1. The molecule has 0 bridgehead atoms. The van der Waals surface area contributed by atoms with Crippen LogP contribution in [0.2, 0.25) is 10.0 Å². The normalized spacial score (nSPS) is 15.6. The van der Waals surface area contributed by atoms with Gasteiger partial charge in [-0.25, -0.2) is 0 Å². The lowest BCUT2D eigenvalue weighted by Gasteiger charge is -2.20. The zero-order valence-electron chi connectivity index (χ0n) is 10.5. The van der Waals surface area contributed by atoms with Crippen molar-refractivity contribution in [2.75, 3.05) is 26.2 Å². The topological polar surface area (TPSA) is 32.3 Å². The van der Waals surface area contributed by atoms with E-state index >= 15 is 0 Å². The Bertz CT molecular complexity index is 412. The smallest absolute Gasteiger partial charge is 0.227 e. The Morgan fingerprint density at radius 3 is 2.58 bits per heavy atom. The highest BCUT2D eigenvalue weighted by atomic mass is 35.5. The summed E-state index contributed by atoms with van der Waals surface area (Å²) in [6, 6.07) is 5.31. The summed E-state index contributed by atoms with van der Waals surface area (Å²) in [6.45, 7) is 3.37. The van der Waals surface area contributed by atoms with Crippen molar-refractivity contribution < 1.29 is 4.79 Å². The molecule has 1 aliphatic rings. The molecule has 0 saturated carbocycles. The van der Waals surface area contributed by atoms with E-state index in [4.69, 9.17) is 23.2 Å². The minimum atomic E-state index is 0. The third-order valence-electron chi connectivity index (χ3n) is 3.08. The number of hydrogen-bond donors (Lipinski definition) is 1. The van der Waals surface area contributed by atoms with Crippen LogP contribution in [0, 0.1) is 0 Å².